The Balaban J connectivity index is 1.92. The Bertz CT molecular complexity index is 538. The lowest BCUT2D eigenvalue weighted by molar-refractivity contribution is 0.220. The number of hydrogen-bond acceptors (Lipinski definition) is 5. The van der Waals surface area contributed by atoms with Gasteiger partial charge in [-0.1, -0.05) is 24.4 Å². The summed E-state index contributed by atoms with van der Waals surface area (Å²) in [5, 5.41) is 4.01. The molecular weight excluding hydrogens is 230 g/mol. The fourth-order valence-electron chi connectivity index (χ4n) is 2.55. The monoisotopic (exact) mass is 247 g/mol. The van der Waals surface area contributed by atoms with E-state index >= 15 is 0 Å². The van der Waals surface area contributed by atoms with Crippen LogP contribution < -0.4 is 5.73 Å². The van der Waals surface area contributed by atoms with Crippen LogP contribution in [0.15, 0.2) is 21.3 Å². The average Bonchev–Trinajstić information content (AvgIpc) is 2.98. The molecule has 0 aliphatic heterocycles. The second-order valence-electron chi connectivity index (χ2n) is 5.03. The van der Waals surface area contributed by atoms with Crippen LogP contribution in [0.5, 0.6) is 0 Å². The highest BCUT2D eigenvalue weighted by Gasteiger charge is 2.35. The lowest BCUT2D eigenvalue weighted by Gasteiger charge is -2.29. The van der Waals surface area contributed by atoms with Crippen LogP contribution >= 0.6 is 0 Å². The van der Waals surface area contributed by atoms with E-state index in [1.54, 1.807) is 6.26 Å². The smallest absolute Gasteiger partial charge is 0.247 e. The number of nitrogens with zero attached hydrogens (tertiary/aromatic N) is 2. The lowest BCUT2D eigenvalue weighted by Crippen LogP contribution is -2.38. The van der Waals surface area contributed by atoms with Crippen LogP contribution in [0.2, 0.25) is 0 Å². The standard InChI is InChI=1S/C13H17N3O2/c1-9-10(5-8-17-9)11-15-12(18-16-11)13(14)6-3-2-4-7-13/h5,8H,2-4,6-7,14H2,1H3. The molecule has 96 valence electrons. The maximum Gasteiger partial charge on any atom is 0.247 e. The van der Waals surface area contributed by atoms with Crippen LogP contribution in [0.1, 0.15) is 43.8 Å². The predicted octanol–water partition coefficient (Wildman–Crippen LogP) is 2.76. The highest BCUT2D eigenvalue weighted by molar-refractivity contribution is 5.56. The minimum absolute atomic E-state index is 0.443. The van der Waals surface area contributed by atoms with E-state index in [0.717, 1.165) is 37.0 Å². The molecule has 3 rings (SSSR count). The van der Waals surface area contributed by atoms with Gasteiger partial charge in [-0.2, -0.15) is 4.98 Å². The molecule has 0 spiro atoms. The van der Waals surface area contributed by atoms with Gasteiger partial charge in [0.15, 0.2) is 0 Å². The molecule has 18 heavy (non-hydrogen) atoms. The summed E-state index contributed by atoms with van der Waals surface area (Å²) < 4.78 is 10.6. The lowest BCUT2D eigenvalue weighted by atomic mass is 9.82. The normalized spacial score (nSPS) is 19.0. The van der Waals surface area contributed by atoms with Gasteiger partial charge in [-0.3, -0.25) is 0 Å². The summed E-state index contributed by atoms with van der Waals surface area (Å²) in [5.41, 5.74) is 6.79. The fourth-order valence-corrected chi connectivity index (χ4v) is 2.55. The van der Waals surface area contributed by atoms with E-state index in [9.17, 15) is 0 Å². The average molecular weight is 247 g/mol. The maximum atomic E-state index is 6.37. The molecule has 0 atom stereocenters. The topological polar surface area (TPSA) is 78.1 Å². The van der Waals surface area contributed by atoms with E-state index in [4.69, 9.17) is 14.7 Å². The third-order valence-electron chi connectivity index (χ3n) is 3.70. The molecule has 2 aromatic rings. The quantitative estimate of drug-likeness (QED) is 0.882. The third-order valence-corrected chi connectivity index (χ3v) is 3.70. The van der Waals surface area contributed by atoms with Crippen molar-refractivity contribution in [3.8, 4) is 11.4 Å². The van der Waals surface area contributed by atoms with Crippen molar-refractivity contribution in [3.63, 3.8) is 0 Å². The van der Waals surface area contributed by atoms with E-state index in [-0.39, 0.29) is 0 Å². The molecule has 0 amide bonds. The first-order valence-electron chi connectivity index (χ1n) is 6.37. The number of rotatable bonds is 2. The first kappa shape index (κ1) is 11.5. The predicted molar refractivity (Wildman–Crippen MR) is 65.7 cm³/mol. The van der Waals surface area contributed by atoms with E-state index in [0.29, 0.717) is 11.7 Å². The summed E-state index contributed by atoms with van der Waals surface area (Å²) in [6, 6.07) is 1.84. The van der Waals surface area contributed by atoms with Gasteiger partial charge in [-0.05, 0) is 25.8 Å². The van der Waals surface area contributed by atoms with Crippen molar-refractivity contribution in [1.29, 1.82) is 0 Å². The zero-order valence-corrected chi connectivity index (χ0v) is 10.5. The van der Waals surface area contributed by atoms with Gasteiger partial charge in [-0.15, -0.1) is 0 Å². The fraction of sp³-hybridized carbons (Fsp3) is 0.538. The molecule has 0 unspecified atom stereocenters. The maximum absolute atomic E-state index is 6.37. The number of nitrogens with two attached hydrogens (primary N) is 1. The summed E-state index contributed by atoms with van der Waals surface area (Å²) in [6.45, 7) is 1.88. The molecule has 1 aliphatic carbocycles. The van der Waals surface area contributed by atoms with Gasteiger partial charge in [0.2, 0.25) is 11.7 Å². The van der Waals surface area contributed by atoms with Gasteiger partial charge < -0.3 is 14.7 Å². The van der Waals surface area contributed by atoms with Crippen molar-refractivity contribution in [3.05, 3.63) is 24.0 Å². The Morgan fingerprint density at radius 1 is 1.28 bits per heavy atom. The molecule has 5 heteroatoms. The Morgan fingerprint density at radius 3 is 2.72 bits per heavy atom. The van der Waals surface area contributed by atoms with Crippen LogP contribution in [0.25, 0.3) is 11.4 Å². The van der Waals surface area contributed by atoms with Gasteiger partial charge in [-0.25, -0.2) is 0 Å². The summed E-state index contributed by atoms with van der Waals surface area (Å²) in [4.78, 5) is 4.45. The van der Waals surface area contributed by atoms with Crippen LogP contribution in [-0.2, 0) is 5.54 Å². The molecule has 2 heterocycles. The van der Waals surface area contributed by atoms with Crippen molar-refractivity contribution >= 4 is 0 Å². The molecule has 0 bridgehead atoms. The molecule has 1 saturated carbocycles. The van der Waals surface area contributed by atoms with E-state index in [2.05, 4.69) is 10.1 Å². The van der Waals surface area contributed by atoms with Crippen LogP contribution in [0, 0.1) is 6.92 Å². The highest BCUT2D eigenvalue weighted by atomic mass is 16.5. The Kier molecular flexibility index (Phi) is 2.70. The van der Waals surface area contributed by atoms with Gasteiger partial charge >= 0.3 is 0 Å². The first-order chi connectivity index (χ1) is 8.69. The SMILES string of the molecule is Cc1occc1-c1noc(C2(N)CCCCC2)n1. The van der Waals surface area contributed by atoms with Crippen molar-refractivity contribution in [2.45, 2.75) is 44.6 Å². The van der Waals surface area contributed by atoms with Crippen molar-refractivity contribution < 1.29 is 8.94 Å². The van der Waals surface area contributed by atoms with Crippen LogP contribution in [0.4, 0.5) is 0 Å². The molecular formula is C13H17N3O2. The number of aromatic nitrogens is 2. The summed E-state index contributed by atoms with van der Waals surface area (Å²) in [5.74, 6) is 1.90. The van der Waals surface area contributed by atoms with Crippen LogP contribution in [-0.4, -0.2) is 10.1 Å². The first-order valence-corrected chi connectivity index (χ1v) is 6.37. The van der Waals surface area contributed by atoms with Crippen LogP contribution in [0.3, 0.4) is 0 Å². The molecule has 0 saturated heterocycles. The number of furan rings is 1. The third kappa shape index (κ3) is 1.84. The van der Waals surface area contributed by atoms with Gasteiger partial charge in [0.1, 0.15) is 5.76 Å². The minimum atomic E-state index is -0.443. The second-order valence-corrected chi connectivity index (χ2v) is 5.03. The second kappa shape index (κ2) is 4.24. The van der Waals surface area contributed by atoms with E-state index in [1.165, 1.54) is 6.42 Å². The minimum Gasteiger partial charge on any atom is -0.469 e. The zero-order chi connectivity index (χ0) is 12.6. The molecule has 2 aromatic heterocycles. The van der Waals surface area contributed by atoms with E-state index in [1.807, 2.05) is 13.0 Å². The summed E-state index contributed by atoms with van der Waals surface area (Å²) in [7, 11) is 0. The molecule has 0 aromatic carbocycles. The van der Waals surface area contributed by atoms with Crippen molar-refractivity contribution in [1.82, 2.24) is 10.1 Å². The number of hydrogen-bond donors (Lipinski definition) is 1. The summed E-state index contributed by atoms with van der Waals surface area (Å²) >= 11 is 0. The van der Waals surface area contributed by atoms with Gasteiger partial charge in [0.05, 0.1) is 17.4 Å². The molecule has 2 N–H and O–H groups in total. The molecule has 1 aliphatic rings. The Labute approximate surface area is 105 Å². The molecule has 5 nitrogen and oxygen atoms in total. The Hall–Kier alpha value is -1.62. The number of aryl methyl sites for hydroxylation is 1. The van der Waals surface area contributed by atoms with Gasteiger partial charge in [0.25, 0.3) is 0 Å². The molecule has 0 radical (unpaired) electrons. The molecule has 1 fully saturated rings. The summed E-state index contributed by atoms with van der Waals surface area (Å²) in [6.07, 6.45) is 6.94. The zero-order valence-electron chi connectivity index (χ0n) is 10.5. The largest absolute Gasteiger partial charge is 0.469 e. The highest BCUT2D eigenvalue weighted by Crippen LogP contribution is 2.34. The van der Waals surface area contributed by atoms with Crippen molar-refractivity contribution in [2.24, 2.45) is 5.73 Å². The van der Waals surface area contributed by atoms with E-state index < -0.39 is 5.54 Å². The Morgan fingerprint density at radius 2 is 2.06 bits per heavy atom. The van der Waals surface area contributed by atoms with Crippen molar-refractivity contribution in [2.75, 3.05) is 0 Å². The van der Waals surface area contributed by atoms with Gasteiger partial charge in [0, 0.05) is 0 Å².